The van der Waals surface area contributed by atoms with E-state index in [-0.39, 0.29) is 5.91 Å². The molecule has 0 bridgehead atoms. The molecule has 5 heteroatoms. The van der Waals surface area contributed by atoms with E-state index in [9.17, 15) is 9.90 Å². The molecule has 1 amide bonds. The summed E-state index contributed by atoms with van der Waals surface area (Å²) in [5, 5.41) is 13.3. The minimum atomic E-state index is -0.694. The number of hydrogen-bond acceptors (Lipinski definition) is 4. The van der Waals surface area contributed by atoms with Crippen molar-refractivity contribution in [3.63, 3.8) is 0 Å². The van der Waals surface area contributed by atoms with Crippen LogP contribution in [0.5, 0.6) is 0 Å². The number of hydrogen-bond donors (Lipinski definition) is 2. The molecule has 2 saturated heterocycles. The number of likely N-dealkylation sites (tertiary alicyclic amines) is 1. The monoisotopic (exact) mass is 256 g/mol. The number of nitrogens with one attached hydrogen (secondary N) is 1. The summed E-state index contributed by atoms with van der Waals surface area (Å²) in [5.74, 6) is 0.158. The Morgan fingerprint density at radius 2 is 1.89 bits per heavy atom. The van der Waals surface area contributed by atoms with E-state index in [1.165, 1.54) is 6.42 Å². The normalized spacial score (nSPS) is 23.9. The summed E-state index contributed by atoms with van der Waals surface area (Å²) in [6.07, 6.45) is 4.77. The molecule has 0 aromatic rings. The maximum absolute atomic E-state index is 11.9. The summed E-state index contributed by atoms with van der Waals surface area (Å²) in [6, 6.07) is 0. The van der Waals surface area contributed by atoms with Crippen LogP contribution in [0.4, 0.5) is 0 Å². The Bertz CT molecular complexity index is 271. The molecule has 0 radical (unpaired) electrons. The van der Waals surface area contributed by atoms with Gasteiger partial charge in [-0.3, -0.25) is 4.79 Å². The van der Waals surface area contributed by atoms with Gasteiger partial charge in [-0.2, -0.15) is 0 Å². The van der Waals surface area contributed by atoms with Crippen LogP contribution in [0.15, 0.2) is 0 Å². The van der Waals surface area contributed by atoms with Gasteiger partial charge >= 0.3 is 0 Å². The van der Waals surface area contributed by atoms with Gasteiger partial charge in [0.15, 0.2) is 0 Å². The standard InChI is InChI=1S/C13H24N2O3/c16-12(15-6-2-1-3-7-15)10-14-11-13(17)4-8-18-9-5-13/h14,17H,1-11H2. The second kappa shape index (κ2) is 6.50. The van der Waals surface area contributed by atoms with Crippen LogP contribution in [0.3, 0.4) is 0 Å². The van der Waals surface area contributed by atoms with Gasteiger partial charge in [-0.05, 0) is 19.3 Å². The van der Waals surface area contributed by atoms with Gasteiger partial charge in [0.2, 0.25) is 5.91 Å². The van der Waals surface area contributed by atoms with Gasteiger partial charge in [-0.15, -0.1) is 0 Å². The highest BCUT2D eigenvalue weighted by molar-refractivity contribution is 5.78. The highest BCUT2D eigenvalue weighted by atomic mass is 16.5. The zero-order valence-corrected chi connectivity index (χ0v) is 11.0. The molecule has 2 aliphatic rings. The van der Waals surface area contributed by atoms with Crippen molar-refractivity contribution in [3.8, 4) is 0 Å². The Morgan fingerprint density at radius 1 is 1.22 bits per heavy atom. The summed E-state index contributed by atoms with van der Waals surface area (Å²) in [6.45, 7) is 3.81. The summed E-state index contributed by atoms with van der Waals surface area (Å²) >= 11 is 0. The van der Waals surface area contributed by atoms with Crippen LogP contribution in [-0.2, 0) is 9.53 Å². The minimum absolute atomic E-state index is 0.158. The minimum Gasteiger partial charge on any atom is -0.388 e. The maximum Gasteiger partial charge on any atom is 0.236 e. The lowest BCUT2D eigenvalue weighted by Crippen LogP contribution is -2.48. The number of aliphatic hydroxyl groups is 1. The SMILES string of the molecule is O=C(CNCC1(O)CCOCC1)N1CCCCC1. The van der Waals surface area contributed by atoms with Gasteiger partial charge in [0.05, 0.1) is 12.1 Å². The van der Waals surface area contributed by atoms with Gasteiger partial charge in [0, 0.05) is 45.7 Å². The predicted octanol–water partition coefficient (Wildman–Crippen LogP) is 0.130. The maximum atomic E-state index is 11.9. The molecule has 0 aromatic heterocycles. The molecule has 0 unspecified atom stereocenters. The highest BCUT2D eigenvalue weighted by Crippen LogP contribution is 2.19. The number of rotatable bonds is 4. The zero-order chi connectivity index (χ0) is 12.8. The first kappa shape index (κ1) is 13.8. The van der Waals surface area contributed by atoms with Crippen molar-refractivity contribution in [1.29, 1.82) is 0 Å². The third-order valence-corrected chi connectivity index (χ3v) is 3.86. The van der Waals surface area contributed by atoms with Crippen LogP contribution in [0.1, 0.15) is 32.1 Å². The quantitative estimate of drug-likeness (QED) is 0.750. The van der Waals surface area contributed by atoms with Crippen molar-refractivity contribution in [2.45, 2.75) is 37.7 Å². The number of piperidine rings is 1. The van der Waals surface area contributed by atoms with E-state index in [2.05, 4.69) is 5.32 Å². The Labute approximate surface area is 108 Å². The number of amides is 1. The number of ether oxygens (including phenoxy) is 1. The number of carbonyl (C=O) groups excluding carboxylic acids is 1. The Hall–Kier alpha value is -0.650. The third kappa shape index (κ3) is 3.93. The van der Waals surface area contributed by atoms with Gasteiger partial charge in [-0.1, -0.05) is 0 Å². The van der Waals surface area contributed by atoms with Crippen LogP contribution in [-0.4, -0.2) is 60.9 Å². The average molecular weight is 256 g/mol. The third-order valence-electron chi connectivity index (χ3n) is 3.86. The van der Waals surface area contributed by atoms with E-state index in [0.717, 1.165) is 25.9 Å². The van der Waals surface area contributed by atoms with Gasteiger partial charge < -0.3 is 20.1 Å². The van der Waals surface area contributed by atoms with E-state index >= 15 is 0 Å². The van der Waals surface area contributed by atoms with Crippen LogP contribution in [0, 0.1) is 0 Å². The fourth-order valence-corrected chi connectivity index (χ4v) is 2.59. The Morgan fingerprint density at radius 3 is 2.56 bits per heavy atom. The molecule has 2 rings (SSSR count). The summed E-state index contributed by atoms with van der Waals surface area (Å²) in [5.41, 5.74) is -0.694. The molecule has 104 valence electrons. The first-order valence-electron chi connectivity index (χ1n) is 6.98. The average Bonchev–Trinajstić information content (AvgIpc) is 2.40. The van der Waals surface area contributed by atoms with E-state index in [0.29, 0.717) is 39.1 Å². The summed E-state index contributed by atoms with van der Waals surface area (Å²) in [7, 11) is 0. The molecular weight excluding hydrogens is 232 g/mol. The van der Waals surface area contributed by atoms with E-state index in [4.69, 9.17) is 4.74 Å². The van der Waals surface area contributed by atoms with Gasteiger partial charge in [0.25, 0.3) is 0 Å². The molecule has 2 aliphatic heterocycles. The number of carbonyl (C=O) groups is 1. The molecule has 0 spiro atoms. The van der Waals surface area contributed by atoms with E-state index in [1.807, 2.05) is 4.90 Å². The van der Waals surface area contributed by atoms with E-state index < -0.39 is 5.60 Å². The number of nitrogens with zero attached hydrogens (tertiary/aromatic N) is 1. The lowest BCUT2D eigenvalue weighted by atomic mass is 9.94. The van der Waals surface area contributed by atoms with E-state index in [1.54, 1.807) is 0 Å². The topological polar surface area (TPSA) is 61.8 Å². The zero-order valence-electron chi connectivity index (χ0n) is 11.0. The van der Waals surface area contributed by atoms with Crippen molar-refractivity contribution >= 4 is 5.91 Å². The molecule has 0 aromatic carbocycles. The smallest absolute Gasteiger partial charge is 0.236 e. The Balaban J connectivity index is 1.66. The molecule has 5 nitrogen and oxygen atoms in total. The molecular formula is C13H24N2O3. The van der Waals surface area contributed by atoms with Crippen LogP contribution >= 0.6 is 0 Å². The molecule has 2 heterocycles. The lowest BCUT2D eigenvalue weighted by Gasteiger charge is -2.32. The largest absolute Gasteiger partial charge is 0.388 e. The fraction of sp³-hybridized carbons (Fsp3) is 0.923. The molecule has 2 fully saturated rings. The molecule has 0 saturated carbocycles. The van der Waals surface area contributed by atoms with Crippen LogP contribution in [0.25, 0.3) is 0 Å². The van der Waals surface area contributed by atoms with Crippen LogP contribution in [0.2, 0.25) is 0 Å². The van der Waals surface area contributed by atoms with Gasteiger partial charge in [0.1, 0.15) is 0 Å². The van der Waals surface area contributed by atoms with Crippen molar-refractivity contribution in [3.05, 3.63) is 0 Å². The summed E-state index contributed by atoms with van der Waals surface area (Å²) < 4.78 is 5.22. The molecule has 18 heavy (non-hydrogen) atoms. The van der Waals surface area contributed by atoms with Crippen LogP contribution < -0.4 is 5.32 Å². The van der Waals surface area contributed by atoms with Crippen molar-refractivity contribution in [1.82, 2.24) is 10.2 Å². The first-order valence-corrected chi connectivity index (χ1v) is 6.98. The first-order chi connectivity index (χ1) is 8.70. The predicted molar refractivity (Wildman–Crippen MR) is 68.3 cm³/mol. The van der Waals surface area contributed by atoms with Gasteiger partial charge in [-0.25, -0.2) is 0 Å². The fourth-order valence-electron chi connectivity index (χ4n) is 2.59. The van der Waals surface area contributed by atoms with Crippen molar-refractivity contribution in [2.24, 2.45) is 0 Å². The molecule has 0 aliphatic carbocycles. The molecule has 0 atom stereocenters. The highest BCUT2D eigenvalue weighted by Gasteiger charge is 2.29. The molecule has 2 N–H and O–H groups in total. The second-order valence-electron chi connectivity index (χ2n) is 5.38. The Kier molecular flexibility index (Phi) is 4.97. The summed E-state index contributed by atoms with van der Waals surface area (Å²) in [4.78, 5) is 13.8. The second-order valence-corrected chi connectivity index (χ2v) is 5.38. The lowest BCUT2D eigenvalue weighted by molar-refractivity contribution is -0.131. The van der Waals surface area contributed by atoms with Crippen molar-refractivity contribution in [2.75, 3.05) is 39.4 Å². The van der Waals surface area contributed by atoms with Crippen molar-refractivity contribution < 1.29 is 14.6 Å².